The van der Waals surface area contributed by atoms with E-state index < -0.39 is 5.60 Å². The van der Waals surface area contributed by atoms with Crippen LogP contribution in [-0.2, 0) is 10.3 Å². The van der Waals surface area contributed by atoms with Crippen molar-refractivity contribution in [3.8, 4) is 5.75 Å². The van der Waals surface area contributed by atoms with Crippen molar-refractivity contribution in [1.82, 2.24) is 4.90 Å². The molecule has 0 aromatic heterocycles. The van der Waals surface area contributed by atoms with Gasteiger partial charge in [-0.05, 0) is 29.7 Å². The number of ether oxygens (including phenoxy) is 2. The predicted molar refractivity (Wildman–Crippen MR) is 117 cm³/mol. The molecule has 3 rings (SSSR count). The largest absolute Gasteiger partial charge is 0.497 e. The highest BCUT2D eigenvalue weighted by Crippen LogP contribution is 2.42. The standard InChI is InChI=1S/C25H35NO3/c1-3-4-8-15-25(27,22-11-13-23(28-2)14-12-22)24(21-9-6-5-7-10-21)20-26-16-18-29-19-17-26/h5-7,9-14,24,27H,3-4,8,15-20H2,1-2H3/t24-,25-/m0/s1. The Morgan fingerprint density at radius 3 is 2.34 bits per heavy atom. The zero-order valence-electron chi connectivity index (χ0n) is 17.8. The van der Waals surface area contributed by atoms with Crippen molar-refractivity contribution in [3.05, 3.63) is 65.7 Å². The van der Waals surface area contributed by atoms with Gasteiger partial charge in [0.05, 0.1) is 25.9 Å². The Labute approximate surface area is 175 Å². The second-order valence-corrected chi connectivity index (χ2v) is 7.99. The Hall–Kier alpha value is -1.88. The smallest absolute Gasteiger partial charge is 0.118 e. The van der Waals surface area contributed by atoms with E-state index in [4.69, 9.17) is 9.47 Å². The van der Waals surface area contributed by atoms with Gasteiger partial charge in [-0.15, -0.1) is 0 Å². The van der Waals surface area contributed by atoms with E-state index in [-0.39, 0.29) is 5.92 Å². The third-order valence-electron chi connectivity index (χ3n) is 6.07. The summed E-state index contributed by atoms with van der Waals surface area (Å²) in [5.74, 6) is 0.807. The van der Waals surface area contributed by atoms with E-state index in [1.165, 1.54) is 5.56 Å². The zero-order valence-corrected chi connectivity index (χ0v) is 17.8. The molecule has 158 valence electrons. The number of methoxy groups -OCH3 is 1. The number of morpholine rings is 1. The Morgan fingerprint density at radius 1 is 1.03 bits per heavy atom. The van der Waals surface area contributed by atoms with Gasteiger partial charge in [0.1, 0.15) is 5.75 Å². The van der Waals surface area contributed by atoms with Crippen LogP contribution < -0.4 is 4.74 Å². The molecule has 0 radical (unpaired) electrons. The van der Waals surface area contributed by atoms with Gasteiger partial charge in [-0.25, -0.2) is 0 Å². The summed E-state index contributed by atoms with van der Waals surface area (Å²) in [6.45, 7) is 6.38. The molecule has 0 amide bonds. The van der Waals surface area contributed by atoms with Crippen LogP contribution in [0.1, 0.15) is 49.7 Å². The van der Waals surface area contributed by atoms with Gasteiger partial charge in [-0.2, -0.15) is 0 Å². The number of rotatable bonds is 10. The number of hydrogen-bond acceptors (Lipinski definition) is 4. The number of aliphatic hydroxyl groups is 1. The molecule has 0 unspecified atom stereocenters. The van der Waals surface area contributed by atoms with Crippen molar-refractivity contribution in [3.63, 3.8) is 0 Å². The Morgan fingerprint density at radius 2 is 1.72 bits per heavy atom. The van der Waals surface area contributed by atoms with E-state index in [0.717, 1.165) is 69.8 Å². The monoisotopic (exact) mass is 397 g/mol. The van der Waals surface area contributed by atoms with E-state index in [1.807, 2.05) is 30.3 Å². The molecule has 0 spiro atoms. The lowest BCUT2D eigenvalue weighted by atomic mass is 9.74. The lowest BCUT2D eigenvalue weighted by molar-refractivity contribution is -0.0295. The van der Waals surface area contributed by atoms with E-state index in [1.54, 1.807) is 7.11 Å². The molecular weight excluding hydrogens is 362 g/mol. The highest BCUT2D eigenvalue weighted by atomic mass is 16.5. The van der Waals surface area contributed by atoms with E-state index >= 15 is 0 Å². The molecule has 1 fully saturated rings. The molecule has 1 aliphatic rings. The van der Waals surface area contributed by atoms with Crippen molar-refractivity contribution in [2.45, 2.75) is 44.1 Å². The van der Waals surface area contributed by atoms with Gasteiger partial charge < -0.3 is 14.6 Å². The van der Waals surface area contributed by atoms with E-state index in [0.29, 0.717) is 0 Å². The first-order valence-electron chi connectivity index (χ1n) is 10.9. The van der Waals surface area contributed by atoms with E-state index in [2.05, 4.69) is 36.1 Å². The maximum absolute atomic E-state index is 12.2. The Kier molecular flexibility index (Phi) is 8.10. The topological polar surface area (TPSA) is 41.9 Å². The summed E-state index contributed by atoms with van der Waals surface area (Å²) in [5.41, 5.74) is 1.23. The summed E-state index contributed by atoms with van der Waals surface area (Å²) in [5, 5.41) is 12.2. The van der Waals surface area contributed by atoms with Gasteiger partial charge in [0.2, 0.25) is 0 Å². The number of unbranched alkanes of at least 4 members (excludes halogenated alkanes) is 2. The quantitative estimate of drug-likeness (QED) is 0.596. The number of nitrogens with zero attached hydrogens (tertiary/aromatic N) is 1. The molecule has 29 heavy (non-hydrogen) atoms. The molecule has 2 aromatic carbocycles. The Balaban J connectivity index is 1.97. The van der Waals surface area contributed by atoms with Crippen molar-refractivity contribution < 1.29 is 14.6 Å². The van der Waals surface area contributed by atoms with Crippen LogP contribution in [-0.4, -0.2) is 50.0 Å². The first-order chi connectivity index (χ1) is 14.2. The maximum atomic E-state index is 12.2. The van der Waals surface area contributed by atoms with Crippen LogP contribution in [0, 0.1) is 0 Å². The first-order valence-corrected chi connectivity index (χ1v) is 10.9. The van der Waals surface area contributed by atoms with Gasteiger partial charge in [0.15, 0.2) is 0 Å². The molecule has 0 aliphatic carbocycles. The highest BCUT2D eigenvalue weighted by molar-refractivity contribution is 5.35. The third kappa shape index (κ3) is 5.59. The van der Waals surface area contributed by atoms with Crippen LogP contribution in [0.2, 0.25) is 0 Å². The van der Waals surface area contributed by atoms with Crippen molar-refractivity contribution >= 4 is 0 Å². The summed E-state index contributed by atoms with van der Waals surface area (Å²) < 4.78 is 10.9. The fourth-order valence-corrected chi connectivity index (χ4v) is 4.30. The minimum absolute atomic E-state index is 0.00736. The van der Waals surface area contributed by atoms with Crippen LogP contribution >= 0.6 is 0 Å². The molecule has 4 nitrogen and oxygen atoms in total. The first kappa shape index (κ1) is 21.8. The highest BCUT2D eigenvalue weighted by Gasteiger charge is 2.40. The minimum atomic E-state index is -0.929. The molecule has 1 heterocycles. The van der Waals surface area contributed by atoms with Gasteiger partial charge in [0.25, 0.3) is 0 Å². The summed E-state index contributed by atoms with van der Waals surface area (Å²) in [4.78, 5) is 2.43. The molecule has 1 saturated heterocycles. The van der Waals surface area contributed by atoms with Gasteiger partial charge in [0, 0.05) is 25.6 Å². The van der Waals surface area contributed by atoms with Crippen LogP contribution in [0.25, 0.3) is 0 Å². The molecule has 0 bridgehead atoms. The number of hydrogen-bond donors (Lipinski definition) is 1. The molecular formula is C25H35NO3. The SMILES string of the molecule is CCCCC[C@](O)(c1ccc(OC)cc1)[C@@H](CN1CCOCC1)c1ccccc1. The van der Waals surface area contributed by atoms with Crippen molar-refractivity contribution in [1.29, 1.82) is 0 Å². The summed E-state index contributed by atoms with van der Waals surface area (Å²) in [6.07, 6.45) is 4.01. The number of benzene rings is 2. The molecule has 0 saturated carbocycles. The molecule has 2 aromatic rings. The normalized spacial score (nSPS) is 18.2. The second kappa shape index (κ2) is 10.8. The van der Waals surface area contributed by atoms with Gasteiger partial charge in [-0.3, -0.25) is 4.90 Å². The minimum Gasteiger partial charge on any atom is -0.497 e. The summed E-state index contributed by atoms with van der Waals surface area (Å²) >= 11 is 0. The van der Waals surface area contributed by atoms with Crippen LogP contribution in [0.5, 0.6) is 5.75 Å². The van der Waals surface area contributed by atoms with Gasteiger partial charge in [-0.1, -0.05) is 68.7 Å². The van der Waals surface area contributed by atoms with Crippen molar-refractivity contribution in [2.75, 3.05) is 40.0 Å². The lowest BCUT2D eigenvalue weighted by Crippen LogP contribution is -2.45. The third-order valence-corrected chi connectivity index (χ3v) is 6.07. The van der Waals surface area contributed by atoms with Crippen LogP contribution in [0.3, 0.4) is 0 Å². The summed E-state index contributed by atoms with van der Waals surface area (Å²) in [6, 6.07) is 18.5. The fraction of sp³-hybridized carbons (Fsp3) is 0.520. The average Bonchev–Trinajstić information content (AvgIpc) is 2.79. The summed E-state index contributed by atoms with van der Waals surface area (Å²) in [7, 11) is 1.67. The molecule has 4 heteroatoms. The van der Waals surface area contributed by atoms with E-state index in [9.17, 15) is 5.11 Å². The lowest BCUT2D eigenvalue weighted by Gasteiger charge is -2.41. The fourth-order valence-electron chi connectivity index (χ4n) is 4.30. The molecule has 1 N–H and O–H groups in total. The second-order valence-electron chi connectivity index (χ2n) is 7.99. The zero-order chi connectivity index (χ0) is 20.5. The molecule has 1 aliphatic heterocycles. The molecule has 2 atom stereocenters. The van der Waals surface area contributed by atoms with Crippen LogP contribution in [0.15, 0.2) is 54.6 Å². The van der Waals surface area contributed by atoms with Gasteiger partial charge >= 0.3 is 0 Å². The average molecular weight is 398 g/mol. The Bertz CT molecular complexity index is 713. The maximum Gasteiger partial charge on any atom is 0.118 e. The predicted octanol–water partition coefficient (Wildman–Crippen LogP) is 4.58. The van der Waals surface area contributed by atoms with Crippen LogP contribution in [0.4, 0.5) is 0 Å². The van der Waals surface area contributed by atoms with Crippen molar-refractivity contribution in [2.24, 2.45) is 0 Å².